The summed E-state index contributed by atoms with van der Waals surface area (Å²) in [6, 6.07) is 24.0. The average molecular weight is 427 g/mol. The highest BCUT2D eigenvalue weighted by Crippen LogP contribution is 2.20. The van der Waals surface area contributed by atoms with Crippen molar-refractivity contribution in [2.24, 2.45) is 0 Å². The van der Waals surface area contributed by atoms with Gasteiger partial charge in [-0.25, -0.2) is 8.60 Å². The number of carbonyl (C=O) groups excluding carboxylic acids is 1. The Labute approximate surface area is 178 Å². The minimum atomic E-state index is -2.28. The smallest absolute Gasteiger partial charge is 0.259 e. The number of carbonyl (C=O) groups is 1. The Morgan fingerprint density at radius 3 is 2.00 bits per heavy atom. The Bertz CT molecular complexity index is 958. The second-order valence-electron chi connectivity index (χ2n) is 6.90. The summed E-state index contributed by atoms with van der Waals surface area (Å²) in [6.45, 7) is 0.416. The van der Waals surface area contributed by atoms with Gasteiger partial charge in [0.15, 0.2) is 5.78 Å². The van der Waals surface area contributed by atoms with Crippen LogP contribution >= 0.6 is 0 Å². The number of nitrogens with one attached hydrogen (secondary N) is 1. The second-order valence-corrected chi connectivity index (χ2v) is 7.60. The number of nitrogens with zero attached hydrogens (tertiary/aromatic N) is 1. The fourth-order valence-corrected chi connectivity index (χ4v) is 3.58. The number of ketones is 1. The summed E-state index contributed by atoms with van der Waals surface area (Å²) in [5, 5.41) is 0. The van der Waals surface area contributed by atoms with Crippen LogP contribution in [0.2, 0.25) is 0 Å². The molecule has 0 heterocycles. The van der Waals surface area contributed by atoms with E-state index in [-0.39, 0.29) is 29.1 Å². The van der Waals surface area contributed by atoms with Gasteiger partial charge in [0.05, 0.1) is 6.54 Å². The molecule has 0 saturated heterocycles. The highest BCUT2D eigenvalue weighted by molar-refractivity contribution is 7.80. The lowest BCUT2D eigenvalue weighted by molar-refractivity contribution is 0.0918. The van der Waals surface area contributed by atoms with Gasteiger partial charge in [0, 0.05) is 24.3 Å². The summed E-state index contributed by atoms with van der Waals surface area (Å²) >= 11 is -2.28. The van der Waals surface area contributed by atoms with Gasteiger partial charge in [-0.2, -0.15) is 0 Å². The van der Waals surface area contributed by atoms with Gasteiger partial charge >= 0.3 is 0 Å². The van der Waals surface area contributed by atoms with E-state index < -0.39 is 17.9 Å². The van der Waals surface area contributed by atoms with E-state index in [2.05, 4.69) is 4.72 Å². The first kappa shape index (κ1) is 21.8. The van der Waals surface area contributed by atoms with Crippen molar-refractivity contribution in [2.75, 3.05) is 11.3 Å². The number of hydrogen-bond donors (Lipinski definition) is 2. The van der Waals surface area contributed by atoms with Gasteiger partial charge in [0.1, 0.15) is 6.67 Å². The molecule has 0 aliphatic rings. The van der Waals surface area contributed by atoms with E-state index in [1.807, 2.05) is 65.6 Å². The van der Waals surface area contributed by atoms with E-state index in [0.717, 1.165) is 11.1 Å². The van der Waals surface area contributed by atoms with Crippen LogP contribution in [0.1, 0.15) is 27.0 Å². The Balaban J connectivity index is 1.83. The summed E-state index contributed by atoms with van der Waals surface area (Å²) < 4.78 is 35.9. The van der Waals surface area contributed by atoms with Crippen molar-refractivity contribution < 1.29 is 17.9 Å². The molecular formula is C23H23FN2O3S. The lowest BCUT2D eigenvalue weighted by atomic mass is 10.0. The summed E-state index contributed by atoms with van der Waals surface area (Å²) in [5.74, 6) is -0.248. The molecule has 0 bridgehead atoms. The van der Waals surface area contributed by atoms with Gasteiger partial charge in [-0.3, -0.25) is 19.0 Å². The minimum Gasteiger partial charge on any atom is -0.293 e. The van der Waals surface area contributed by atoms with Crippen LogP contribution in [0.3, 0.4) is 0 Å². The molecule has 0 spiro atoms. The molecular weight excluding hydrogens is 403 g/mol. The van der Waals surface area contributed by atoms with Crippen molar-refractivity contribution in [1.82, 2.24) is 4.90 Å². The minimum absolute atomic E-state index is 0.0858. The van der Waals surface area contributed by atoms with E-state index in [4.69, 9.17) is 4.55 Å². The maximum absolute atomic E-state index is 13.5. The van der Waals surface area contributed by atoms with E-state index >= 15 is 0 Å². The molecule has 0 aliphatic carbocycles. The molecule has 7 heteroatoms. The fraction of sp³-hybridized carbons (Fsp3) is 0.174. The van der Waals surface area contributed by atoms with Crippen LogP contribution in [0.5, 0.6) is 0 Å². The van der Waals surface area contributed by atoms with Gasteiger partial charge in [-0.1, -0.05) is 66.7 Å². The fourth-order valence-electron chi connectivity index (χ4n) is 3.26. The number of rotatable bonds is 10. The molecule has 0 aromatic heterocycles. The third kappa shape index (κ3) is 6.32. The summed E-state index contributed by atoms with van der Waals surface area (Å²) in [5.41, 5.74) is 2.89. The predicted molar refractivity (Wildman–Crippen MR) is 117 cm³/mol. The Morgan fingerprint density at radius 1 is 0.933 bits per heavy atom. The monoisotopic (exact) mass is 426 g/mol. The summed E-state index contributed by atoms with van der Waals surface area (Å²) in [4.78, 5) is 15.1. The first-order valence-electron chi connectivity index (χ1n) is 9.45. The van der Waals surface area contributed by atoms with Crippen LogP contribution < -0.4 is 4.72 Å². The molecule has 30 heavy (non-hydrogen) atoms. The zero-order valence-electron chi connectivity index (χ0n) is 16.3. The molecule has 1 unspecified atom stereocenters. The predicted octanol–water partition coefficient (Wildman–Crippen LogP) is 4.59. The van der Waals surface area contributed by atoms with E-state index in [1.165, 1.54) is 18.2 Å². The molecule has 2 N–H and O–H groups in total. The zero-order valence-corrected chi connectivity index (χ0v) is 17.1. The van der Waals surface area contributed by atoms with E-state index in [1.54, 1.807) is 0 Å². The first-order valence-corrected chi connectivity index (χ1v) is 10.6. The van der Waals surface area contributed by atoms with Crippen LogP contribution in [0.15, 0.2) is 78.9 Å². The molecule has 0 aliphatic heterocycles. The average Bonchev–Trinajstić information content (AvgIpc) is 2.74. The lowest BCUT2D eigenvalue weighted by Crippen LogP contribution is -2.29. The van der Waals surface area contributed by atoms with Crippen molar-refractivity contribution in [3.8, 4) is 0 Å². The topological polar surface area (TPSA) is 69.6 Å². The molecule has 0 saturated carbocycles. The Morgan fingerprint density at radius 2 is 1.50 bits per heavy atom. The third-order valence-corrected chi connectivity index (χ3v) is 5.03. The Hall–Kier alpha value is -2.87. The molecule has 1 atom stereocenters. The first-order chi connectivity index (χ1) is 14.5. The lowest BCUT2D eigenvalue weighted by Gasteiger charge is -2.22. The van der Waals surface area contributed by atoms with Gasteiger partial charge in [0.2, 0.25) is 0 Å². The van der Waals surface area contributed by atoms with Gasteiger partial charge in [-0.05, 0) is 28.8 Å². The molecule has 0 radical (unpaired) electrons. The molecule has 0 amide bonds. The normalized spacial score (nSPS) is 12.0. The van der Waals surface area contributed by atoms with Crippen LogP contribution in [0.25, 0.3) is 0 Å². The molecule has 5 nitrogen and oxygen atoms in total. The van der Waals surface area contributed by atoms with Crippen LogP contribution in [-0.4, -0.2) is 26.0 Å². The molecule has 0 fully saturated rings. The number of anilines is 1. The quantitative estimate of drug-likeness (QED) is 0.368. The third-order valence-electron chi connectivity index (χ3n) is 4.62. The van der Waals surface area contributed by atoms with Gasteiger partial charge in [-0.15, -0.1) is 0 Å². The molecule has 3 aromatic carbocycles. The summed E-state index contributed by atoms with van der Waals surface area (Å²) in [7, 11) is 0. The van der Waals surface area contributed by atoms with Crippen LogP contribution in [-0.2, 0) is 31.0 Å². The highest BCUT2D eigenvalue weighted by Gasteiger charge is 2.18. The maximum Gasteiger partial charge on any atom is 0.259 e. The van der Waals surface area contributed by atoms with Crippen LogP contribution in [0.4, 0.5) is 10.1 Å². The van der Waals surface area contributed by atoms with Crippen molar-refractivity contribution >= 4 is 22.7 Å². The Kier molecular flexibility index (Phi) is 7.84. The number of Topliss-reactive ketones (excluding diaryl/α,β-unsaturated/α-hetero) is 1. The van der Waals surface area contributed by atoms with Crippen LogP contribution in [0, 0.1) is 0 Å². The zero-order chi connectivity index (χ0) is 21.3. The maximum atomic E-state index is 13.5. The SMILES string of the molecule is O=C(CN(Cc1ccccc1)Cc1ccccc1)c1cc(NS(=O)O)ccc1CF. The number of benzene rings is 3. The standard InChI is InChI=1S/C23H23FN2O3S/c24-14-20-11-12-21(25-30(28)29)13-22(20)23(27)17-26(15-18-7-3-1-4-8-18)16-19-9-5-2-6-10-19/h1-13,25H,14-17H2,(H,28,29). The largest absolute Gasteiger partial charge is 0.293 e. The highest BCUT2D eigenvalue weighted by atomic mass is 32.2. The second kappa shape index (κ2) is 10.8. The number of hydrogen-bond acceptors (Lipinski definition) is 3. The summed E-state index contributed by atoms with van der Waals surface area (Å²) in [6.07, 6.45) is 0. The number of alkyl halides is 1. The van der Waals surface area contributed by atoms with Crippen molar-refractivity contribution in [3.05, 3.63) is 101 Å². The molecule has 3 rings (SSSR count). The molecule has 156 valence electrons. The molecule has 3 aromatic rings. The van der Waals surface area contributed by atoms with E-state index in [0.29, 0.717) is 13.1 Å². The van der Waals surface area contributed by atoms with Gasteiger partial charge in [0.25, 0.3) is 11.3 Å². The van der Waals surface area contributed by atoms with Crippen molar-refractivity contribution in [2.45, 2.75) is 19.8 Å². The van der Waals surface area contributed by atoms with E-state index in [9.17, 15) is 13.4 Å². The number of halogens is 1. The van der Waals surface area contributed by atoms with Crippen molar-refractivity contribution in [3.63, 3.8) is 0 Å². The van der Waals surface area contributed by atoms with Crippen molar-refractivity contribution in [1.29, 1.82) is 0 Å². The van der Waals surface area contributed by atoms with Gasteiger partial charge < -0.3 is 0 Å².